The number of pyridine rings is 1. The molecule has 0 unspecified atom stereocenters. The molecule has 2 rings (SSSR count). The Labute approximate surface area is 118 Å². The molecule has 0 radical (unpaired) electrons. The van der Waals surface area contributed by atoms with Crippen molar-refractivity contribution in [1.82, 2.24) is 4.98 Å². The molecule has 0 saturated heterocycles. The van der Waals surface area contributed by atoms with E-state index in [-0.39, 0.29) is 0 Å². The van der Waals surface area contributed by atoms with Crippen molar-refractivity contribution >= 4 is 11.8 Å². The quantitative estimate of drug-likeness (QED) is 0.352. The molecule has 0 fully saturated rings. The number of hydrogen-bond donors (Lipinski definition) is 0. The van der Waals surface area contributed by atoms with Crippen LogP contribution >= 0.6 is 11.8 Å². The van der Waals surface area contributed by atoms with Crippen molar-refractivity contribution in [3.8, 4) is 0 Å². The summed E-state index contributed by atoms with van der Waals surface area (Å²) in [7, 11) is 0. The minimum absolute atomic E-state index is 0.353. The largest absolute Gasteiger partial charge is 0.252 e. The smallest absolute Gasteiger partial charge is 0.201 e. The predicted molar refractivity (Wildman–Crippen MR) is 69.6 cm³/mol. The van der Waals surface area contributed by atoms with E-state index < -0.39 is 28.4 Å². The minimum Gasteiger partial charge on any atom is -0.201 e. The van der Waals surface area contributed by atoms with E-state index in [1.165, 1.54) is 0 Å². The molecule has 0 saturated carbocycles. The van der Waals surface area contributed by atoms with Gasteiger partial charge in [0.1, 0.15) is 0 Å². The second-order valence-electron chi connectivity index (χ2n) is 4.09. The number of thioether (sulfide) groups is 1. The molecule has 0 aliphatic carbocycles. The lowest BCUT2D eigenvalue weighted by Crippen LogP contribution is -2.02. The number of benzene rings is 1. The van der Waals surface area contributed by atoms with Crippen molar-refractivity contribution in [2.24, 2.45) is 0 Å². The highest BCUT2D eigenvalue weighted by Crippen LogP contribution is 2.28. The van der Waals surface area contributed by atoms with Crippen molar-refractivity contribution in [2.75, 3.05) is 5.75 Å². The summed E-state index contributed by atoms with van der Waals surface area (Å²) < 4.78 is 52.4. The summed E-state index contributed by atoms with van der Waals surface area (Å²) in [5.74, 6) is -5.75. The van der Waals surface area contributed by atoms with E-state index in [4.69, 9.17) is 0 Å². The van der Waals surface area contributed by atoms with Crippen molar-refractivity contribution in [3.05, 3.63) is 59.4 Å². The molecule has 1 heterocycles. The van der Waals surface area contributed by atoms with Crippen LogP contribution in [0.5, 0.6) is 0 Å². The number of aromatic nitrogens is 1. The van der Waals surface area contributed by atoms with Gasteiger partial charge in [-0.2, -0.15) is 13.8 Å². The topological polar surface area (TPSA) is 12.9 Å². The number of halogens is 4. The van der Waals surface area contributed by atoms with Gasteiger partial charge in [-0.1, -0.05) is 30.3 Å². The van der Waals surface area contributed by atoms with Crippen LogP contribution in [0.4, 0.5) is 17.6 Å². The lowest BCUT2D eigenvalue weighted by Gasteiger charge is -2.06. The number of aryl methyl sites for hydroxylation is 1. The van der Waals surface area contributed by atoms with Gasteiger partial charge in [0.25, 0.3) is 11.9 Å². The molecule has 0 N–H and O–H groups in total. The molecule has 6 heteroatoms. The lowest BCUT2D eigenvalue weighted by molar-refractivity contribution is 0.383. The summed E-state index contributed by atoms with van der Waals surface area (Å²) in [6, 6.07) is 9.58. The lowest BCUT2D eigenvalue weighted by atomic mass is 10.1. The highest BCUT2D eigenvalue weighted by atomic mass is 32.2. The summed E-state index contributed by atoms with van der Waals surface area (Å²) in [5.41, 5.74) is 1.10. The van der Waals surface area contributed by atoms with Crippen LogP contribution in [0.2, 0.25) is 0 Å². The Morgan fingerprint density at radius 1 is 0.900 bits per heavy atom. The monoisotopic (exact) mass is 301 g/mol. The normalized spacial score (nSPS) is 10.8. The molecule has 0 aliphatic rings. The Morgan fingerprint density at radius 3 is 2.10 bits per heavy atom. The van der Waals surface area contributed by atoms with E-state index in [0.29, 0.717) is 12.2 Å². The Morgan fingerprint density at radius 2 is 1.50 bits per heavy atom. The van der Waals surface area contributed by atoms with Gasteiger partial charge in [-0.15, -0.1) is 11.8 Å². The maximum absolute atomic E-state index is 13.3. The standard InChI is InChI=1S/C14H11F4NS/c15-10-12(11(16)14(18)19-13(10)17)20-8-4-7-9-5-2-1-3-6-9/h1-3,5-6H,4,7-8H2. The van der Waals surface area contributed by atoms with Crippen LogP contribution in [0.25, 0.3) is 0 Å². The fourth-order valence-corrected chi connectivity index (χ4v) is 2.60. The average molecular weight is 301 g/mol. The van der Waals surface area contributed by atoms with Gasteiger partial charge in [0, 0.05) is 0 Å². The molecule has 106 valence electrons. The Kier molecular flexibility index (Phi) is 5.00. The van der Waals surface area contributed by atoms with Crippen molar-refractivity contribution in [3.63, 3.8) is 0 Å². The first-order chi connectivity index (χ1) is 9.59. The van der Waals surface area contributed by atoms with E-state index in [0.717, 1.165) is 23.7 Å². The van der Waals surface area contributed by atoms with Crippen LogP contribution in [-0.2, 0) is 6.42 Å². The number of hydrogen-bond acceptors (Lipinski definition) is 2. The molecule has 0 aliphatic heterocycles. The number of rotatable bonds is 5. The first-order valence-corrected chi connectivity index (χ1v) is 6.95. The molecule has 0 amide bonds. The number of nitrogens with zero attached hydrogens (tertiary/aromatic N) is 1. The molecular formula is C14H11F4NS. The molecule has 2 aromatic rings. The molecule has 0 bridgehead atoms. The Balaban J connectivity index is 1.95. The van der Waals surface area contributed by atoms with Crippen molar-refractivity contribution in [2.45, 2.75) is 17.7 Å². The molecule has 1 nitrogen and oxygen atoms in total. The van der Waals surface area contributed by atoms with E-state index in [1.54, 1.807) is 0 Å². The molecule has 1 aromatic heterocycles. The zero-order valence-corrected chi connectivity index (χ0v) is 11.2. The van der Waals surface area contributed by atoms with Gasteiger partial charge in [-0.25, -0.2) is 8.78 Å². The predicted octanol–water partition coefficient (Wildman–Crippen LogP) is 4.36. The molecule has 1 aromatic carbocycles. The highest BCUT2D eigenvalue weighted by molar-refractivity contribution is 7.99. The van der Waals surface area contributed by atoms with Gasteiger partial charge in [-0.3, -0.25) is 0 Å². The van der Waals surface area contributed by atoms with E-state index >= 15 is 0 Å². The maximum atomic E-state index is 13.3. The second kappa shape index (κ2) is 6.74. The van der Waals surface area contributed by atoms with Crippen LogP contribution in [0.3, 0.4) is 0 Å². The maximum Gasteiger partial charge on any atom is 0.252 e. The third kappa shape index (κ3) is 3.50. The molecule has 20 heavy (non-hydrogen) atoms. The zero-order valence-electron chi connectivity index (χ0n) is 10.4. The van der Waals surface area contributed by atoms with Crippen LogP contribution in [0.1, 0.15) is 12.0 Å². The van der Waals surface area contributed by atoms with E-state index in [2.05, 4.69) is 4.98 Å². The third-order valence-corrected chi connectivity index (χ3v) is 3.80. The van der Waals surface area contributed by atoms with Gasteiger partial charge in [0.15, 0.2) is 11.6 Å². The van der Waals surface area contributed by atoms with Crippen molar-refractivity contribution in [1.29, 1.82) is 0 Å². The summed E-state index contributed by atoms with van der Waals surface area (Å²) in [5, 5.41) is 0. The molecule has 0 atom stereocenters. The minimum atomic E-state index is -1.62. The van der Waals surface area contributed by atoms with Gasteiger partial charge in [0.05, 0.1) is 4.90 Å². The summed E-state index contributed by atoms with van der Waals surface area (Å²) in [4.78, 5) is 1.86. The first-order valence-electron chi connectivity index (χ1n) is 5.96. The summed E-state index contributed by atoms with van der Waals surface area (Å²) in [6.07, 6.45) is 1.37. The van der Waals surface area contributed by atoms with Crippen LogP contribution in [-0.4, -0.2) is 10.7 Å². The highest BCUT2D eigenvalue weighted by Gasteiger charge is 2.20. The van der Waals surface area contributed by atoms with E-state index in [1.807, 2.05) is 30.3 Å². The fourth-order valence-electron chi connectivity index (χ4n) is 1.69. The van der Waals surface area contributed by atoms with Crippen LogP contribution < -0.4 is 0 Å². The van der Waals surface area contributed by atoms with Gasteiger partial charge in [0.2, 0.25) is 0 Å². The average Bonchev–Trinajstić information content (AvgIpc) is 2.45. The van der Waals surface area contributed by atoms with Crippen LogP contribution in [0, 0.1) is 23.5 Å². The first kappa shape index (κ1) is 14.8. The Bertz CT molecular complexity index is 563. The van der Waals surface area contributed by atoms with Crippen molar-refractivity contribution < 1.29 is 17.6 Å². The summed E-state index contributed by atoms with van der Waals surface area (Å²) >= 11 is 0.751. The van der Waals surface area contributed by atoms with E-state index in [9.17, 15) is 17.6 Å². The fraction of sp³-hybridized carbons (Fsp3) is 0.214. The SMILES string of the molecule is Fc1nc(F)c(F)c(SCCCc2ccccc2)c1F. The Hall–Kier alpha value is -1.56. The third-order valence-electron chi connectivity index (χ3n) is 2.66. The summed E-state index contributed by atoms with van der Waals surface area (Å²) in [6.45, 7) is 0. The van der Waals surface area contributed by atoms with Gasteiger partial charge >= 0.3 is 0 Å². The molecule has 0 spiro atoms. The van der Waals surface area contributed by atoms with Crippen LogP contribution in [0.15, 0.2) is 35.2 Å². The molecular weight excluding hydrogens is 290 g/mol. The zero-order chi connectivity index (χ0) is 14.5. The van der Waals surface area contributed by atoms with Gasteiger partial charge in [-0.05, 0) is 24.2 Å². The second-order valence-corrected chi connectivity index (χ2v) is 5.19. The van der Waals surface area contributed by atoms with Gasteiger partial charge < -0.3 is 0 Å².